The van der Waals surface area contributed by atoms with E-state index in [0.717, 1.165) is 79.0 Å². The van der Waals surface area contributed by atoms with E-state index in [9.17, 15) is 0 Å². The minimum Gasteiger partial charge on any atom is -0.220 e. The van der Waals surface area contributed by atoms with Gasteiger partial charge >= 0.3 is 29.3 Å². The van der Waals surface area contributed by atoms with Crippen molar-refractivity contribution in [3.63, 3.8) is 0 Å². The molecule has 0 radical (unpaired) electrons. The van der Waals surface area contributed by atoms with E-state index in [1.54, 1.807) is 0 Å². The Morgan fingerprint density at radius 2 is 0.500 bits per heavy atom. The van der Waals surface area contributed by atoms with Crippen LogP contribution >= 0.6 is 0 Å². The first-order chi connectivity index (χ1) is 56.4. The highest BCUT2D eigenvalue weighted by molar-refractivity contribution is 6.33. The third kappa shape index (κ3) is 6.24. The second-order valence-electron chi connectivity index (χ2n) is 32.7. The fraction of sp³-hybridized carbons (Fsp3) is 0.0194. The van der Waals surface area contributed by atoms with Gasteiger partial charge in [-0.2, -0.15) is 4.57 Å². The average molecular weight is 1440 g/mol. The summed E-state index contributed by atoms with van der Waals surface area (Å²) in [7, 11) is 0. The Morgan fingerprint density at radius 3 is 0.904 bits per heavy atom. The molecular formula is C103H53N11+4. The van der Waals surface area contributed by atoms with Crippen LogP contribution in [0, 0.1) is 0 Å². The molecule has 0 aliphatic carbocycles. The summed E-state index contributed by atoms with van der Waals surface area (Å²) in [6, 6.07) is 108. The summed E-state index contributed by atoms with van der Waals surface area (Å²) in [6.45, 7) is 0. The van der Waals surface area contributed by atoms with Gasteiger partial charge in [0.2, 0.25) is 11.4 Å². The molecule has 4 aromatic heterocycles. The summed E-state index contributed by atoms with van der Waals surface area (Å²) >= 11 is 0. The van der Waals surface area contributed by atoms with Gasteiger partial charge in [0.1, 0.15) is 17.1 Å². The number of aliphatic imine (C=N–C) groups is 2. The number of aromatic nitrogens is 4. The van der Waals surface area contributed by atoms with Crippen molar-refractivity contribution in [2.45, 2.75) is 11.8 Å². The van der Waals surface area contributed by atoms with Crippen molar-refractivity contribution in [2.24, 2.45) is 15.0 Å². The van der Waals surface area contributed by atoms with Crippen LogP contribution in [0.25, 0.3) is 171 Å². The number of hydrogen-bond donors (Lipinski definition) is 0. The van der Waals surface area contributed by atoms with Crippen LogP contribution in [0.1, 0.15) is 55.9 Å². The Labute approximate surface area is 645 Å². The SMILES string of the molecule is C1=C2c3cc4ccccc4cc3C3=[N+]2C24n5c1c1cc6ccccc6cc1c5N=C1c5cc6ccccc6cc5C(=[N+]12)C=c1c2cc5ccccc5cc2c(n14)=C3.C1=C2c3cc4ccccc4cc3C3=[N+]2C24n5c1c1cc6ccccc6cc1c5N=C1c5cc6ccccc6cc5C(=[N+]12)C=c1c2cc5ccccc5cc2c(n14)=N3. The first-order valence-corrected chi connectivity index (χ1v) is 39.5. The molecule has 16 aromatic carbocycles. The third-order valence-electron chi connectivity index (χ3n) is 27.4. The van der Waals surface area contributed by atoms with Crippen molar-refractivity contribution < 1.29 is 18.3 Å². The first-order valence-electron chi connectivity index (χ1n) is 39.5. The quantitative estimate of drug-likeness (QED) is 0.136. The summed E-state index contributed by atoms with van der Waals surface area (Å²) in [6.07, 6.45) is 12.2. The van der Waals surface area contributed by atoms with Crippen LogP contribution in [0.4, 0.5) is 11.6 Å². The molecule has 114 heavy (non-hydrogen) atoms. The molecule has 0 bridgehead atoms. The van der Waals surface area contributed by atoms with E-state index >= 15 is 0 Å². The van der Waals surface area contributed by atoms with Gasteiger partial charge in [-0.25, -0.2) is 13.7 Å². The van der Waals surface area contributed by atoms with E-state index in [2.05, 4.69) is 358 Å². The van der Waals surface area contributed by atoms with Crippen LogP contribution in [-0.2, 0) is 11.8 Å². The Bertz CT molecular complexity index is 8080. The Kier molecular flexibility index (Phi) is 9.35. The van der Waals surface area contributed by atoms with Crippen molar-refractivity contribution in [1.29, 1.82) is 0 Å². The molecule has 2 spiro atoms. The van der Waals surface area contributed by atoms with Crippen LogP contribution in [-0.4, -0.2) is 71.2 Å². The van der Waals surface area contributed by atoms with Gasteiger partial charge < -0.3 is 0 Å². The maximum Gasteiger partial charge on any atom is 0.499 e. The standard InChI is InChI=1S/C52H27N5.C51H26N6/c1-3-11-30-19-38-36(17-28(30)9-1)44-25-45-37-18-29-10-2-4-12-31(29)20-39(37)47-27-49-41-22-33-14-6-8-16-35(33)24-43(41)51-53-50-42-23-34-15-7-5-13-32(34)21-40(42)48-26-46(38)54(44)52(55(45)47,56(48)50)57(49)51;1-5-13-31-21-39-35(17-27(31)9-1)43-25-44-36-18-28-10-2-6-14-32(28)22-40(36)49-53-50-42-24-34-16-8-4-12-30(34)20-38(42)46-26-45-37-19-29-11-3-7-15-33(29)23-41(37)48-52-47(39)54(43)51(55(44)49,56(45)48)57(46)50/h1-27H;1-26H/q2*+2. The lowest BCUT2D eigenvalue weighted by Crippen LogP contribution is -2.70. The lowest BCUT2D eigenvalue weighted by atomic mass is 9.97. The number of amidine groups is 3. The summed E-state index contributed by atoms with van der Waals surface area (Å²) < 4.78 is 20.7. The molecular weight excluding hydrogens is 1390 g/mol. The zero-order chi connectivity index (χ0) is 72.9. The van der Waals surface area contributed by atoms with Gasteiger partial charge in [-0.05, 0) is 198 Å². The monoisotopic (exact) mass is 1440 g/mol. The van der Waals surface area contributed by atoms with E-state index in [1.165, 1.54) is 185 Å². The van der Waals surface area contributed by atoms with Crippen LogP contribution in [0.2, 0.25) is 0 Å². The second kappa shape index (κ2) is 18.7. The van der Waals surface area contributed by atoms with Gasteiger partial charge in [0.05, 0.1) is 71.4 Å². The van der Waals surface area contributed by atoms with Gasteiger partial charge in [0.15, 0.2) is 0 Å². The molecule has 2 unspecified atom stereocenters. The van der Waals surface area contributed by atoms with Crippen molar-refractivity contribution >= 4 is 217 Å². The normalized spacial score (nSPS) is 18.6. The van der Waals surface area contributed by atoms with Gasteiger partial charge in [-0.15, -0.1) is 18.3 Å². The minimum atomic E-state index is -0.940. The van der Waals surface area contributed by atoms with E-state index in [0.29, 0.717) is 0 Å². The number of benzene rings is 16. The molecule has 32 rings (SSSR count). The summed E-state index contributed by atoms with van der Waals surface area (Å²) in [5, 5.41) is 32.9. The summed E-state index contributed by atoms with van der Waals surface area (Å²) in [5.74, 6) is 3.08. The maximum atomic E-state index is 5.82. The average Bonchev–Trinajstić information content (AvgIpc) is 1.46. The molecule has 11 nitrogen and oxygen atoms in total. The van der Waals surface area contributed by atoms with Crippen molar-refractivity contribution in [1.82, 2.24) is 18.3 Å². The predicted molar refractivity (Wildman–Crippen MR) is 459 cm³/mol. The topological polar surface area (TPSA) is 68.8 Å². The second-order valence-corrected chi connectivity index (χ2v) is 32.7. The lowest BCUT2D eigenvalue weighted by Gasteiger charge is -2.40. The summed E-state index contributed by atoms with van der Waals surface area (Å²) in [5.41, 5.74) is 18.9. The molecule has 0 saturated heterocycles. The van der Waals surface area contributed by atoms with Crippen molar-refractivity contribution in [2.75, 3.05) is 0 Å². The Hall–Kier alpha value is -15.3. The van der Waals surface area contributed by atoms with Crippen LogP contribution in [0.3, 0.4) is 0 Å². The van der Waals surface area contributed by atoms with Crippen LogP contribution in [0.5, 0.6) is 0 Å². The highest BCUT2D eigenvalue weighted by atomic mass is 15.7. The molecule has 0 fully saturated rings. The predicted octanol–water partition coefficient (Wildman–Crippen LogP) is 18.1. The van der Waals surface area contributed by atoms with Crippen LogP contribution < -0.4 is 21.5 Å². The molecule has 12 aliphatic heterocycles. The molecule has 11 heteroatoms. The zero-order valence-corrected chi connectivity index (χ0v) is 60.5. The Morgan fingerprint density at radius 1 is 0.219 bits per heavy atom. The molecule has 20 aromatic rings. The third-order valence-corrected chi connectivity index (χ3v) is 27.4. The molecule has 516 valence electrons. The van der Waals surface area contributed by atoms with E-state index in [4.69, 9.17) is 15.0 Å². The van der Waals surface area contributed by atoms with Gasteiger partial charge in [0, 0.05) is 74.0 Å². The fourth-order valence-corrected chi connectivity index (χ4v) is 22.7. The van der Waals surface area contributed by atoms with Crippen molar-refractivity contribution in [3.8, 4) is 0 Å². The van der Waals surface area contributed by atoms with E-state index in [-0.39, 0.29) is 0 Å². The Balaban J connectivity index is 0.000000114. The molecule has 0 amide bonds. The lowest BCUT2D eigenvalue weighted by molar-refractivity contribution is -0.798. The smallest absolute Gasteiger partial charge is 0.220 e. The van der Waals surface area contributed by atoms with Gasteiger partial charge in [-0.3, -0.25) is 0 Å². The number of rotatable bonds is 0. The zero-order valence-electron chi connectivity index (χ0n) is 60.5. The molecule has 0 N–H and O–H groups in total. The van der Waals surface area contributed by atoms with Gasteiger partial charge in [0.25, 0.3) is 17.1 Å². The largest absolute Gasteiger partial charge is 0.499 e. The maximum absolute atomic E-state index is 5.82. The number of fused-ring (bicyclic) bond motifs is 32. The van der Waals surface area contributed by atoms with E-state index < -0.39 is 11.8 Å². The van der Waals surface area contributed by atoms with Gasteiger partial charge in [-0.1, -0.05) is 194 Å². The number of nitrogens with zero attached hydrogens (tertiary/aromatic N) is 11. The molecule has 12 aliphatic rings. The molecule has 0 saturated carbocycles. The molecule has 16 heterocycles. The fourth-order valence-electron chi connectivity index (χ4n) is 22.7. The van der Waals surface area contributed by atoms with E-state index in [1.807, 2.05) is 0 Å². The highest BCUT2D eigenvalue weighted by Crippen LogP contribution is 2.57. The summed E-state index contributed by atoms with van der Waals surface area (Å²) in [4.78, 5) is 17.4. The molecule has 2 atom stereocenters. The highest BCUT2D eigenvalue weighted by Gasteiger charge is 2.73. The van der Waals surface area contributed by atoms with Crippen LogP contribution in [0.15, 0.2) is 306 Å². The van der Waals surface area contributed by atoms with Crippen molar-refractivity contribution in [3.05, 3.63) is 369 Å². The minimum absolute atomic E-state index is 0.877. The first kappa shape index (κ1) is 56.9. The number of hydrogen-bond acceptors (Lipinski definition) is 3.